The van der Waals surface area contributed by atoms with Gasteiger partial charge in [0.2, 0.25) is 0 Å². The number of pyridine rings is 1. The van der Waals surface area contributed by atoms with Gasteiger partial charge in [-0.1, -0.05) is 42.5 Å². The van der Waals surface area contributed by atoms with Crippen LogP contribution in [0.15, 0.2) is 60.8 Å². The van der Waals surface area contributed by atoms with Gasteiger partial charge in [0.1, 0.15) is 0 Å². The minimum atomic E-state index is 0.759. The van der Waals surface area contributed by atoms with E-state index in [0.717, 1.165) is 17.7 Å². The lowest BCUT2D eigenvalue weighted by atomic mass is 10.1. The van der Waals surface area contributed by atoms with Crippen molar-refractivity contribution in [3.8, 4) is 0 Å². The number of para-hydroxylation sites is 2. The molecule has 3 aromatic rings. The highest BCUT2D eigenvalue weighted by Gasteiger charge is 2.01. The zero-order valence-corrected chi connectivity index (χ0v) is 9.93. The van der Waals surface area contributed by atoms with Gasteiger partial charge >= 0.3 is 0 Å². The first kappa shape index (κ1) is 10.8. The van der Waals surface area contributed by atoms with Crippen molar-refractivity contribution in [2.24, 2.45) is 0 Å². The molecule has 1 heterocycles. The topological polar surface area (TPSA) is 24.9 Å². The van der Waals surface area contributed by atoms with Crippen LogP contribution in [0.2, 0.25) is 0 Å². The average Bonchev–Trinajstić information content (AvgIpc) is 2.46. The zero-order chi connectivity index (χ0) is 12.2. The van der Waals surface area contributed by atoms with E-state index in [4.69, 9.17) is 0 Å². The summed E-state index contributed by atoms with van der Waals surface area (Å²) in [5.41, 5.74) is 3.26. The van der Waals surface area contributed by atoms with Gasteiger partial charge in [-0.3, -0.25) is 4.98 Å². The molecule has 2 nitrogen and oxygen atoms in total. The van der Waals surface area contributed by atoms with Crippen LogP contribution in [0.3, 0.4) is 0 Å². The number of benzene rings is 2. The van der Waals surface area contributed by atoms with Crippen molar-refractivity contribution in [2.75, 3.05) is 5.32 Å². The summed E-state index contributed by atoms with van der Waals surface area (Å²) in [7, 11) is 0. The minimum absolute atomic E-state index is 0.759. The molecule has 3 rings (SSSR count). The highest BCUT2D eigenvalue weighted by molar-refractivity contribution is 5.81. The maximum absolute atomic E-state index is 4.44. The van der Waals surface area contributed by atoms with E-state index in [9.17, 15) is 0 Å². The van der Waals surface area contributed by atoms with Gasteiger partial charge in [0, 0.05) is 29.9 Å². The van der Waals surface area contributed by atoms with Crippen LogP contribution in [-0.2, 0) is 6.54 Å². The number of nitrogens with zero attached hydrogens (tertiary/aromatic N) is 1. The minimum Gasteiger partial charge on any atom is -0.380 e. The fraction of sp³-hybridized carbons (Fsp3) is 0.0625. The normalized spacial score (nSPS) is 10.4. The lowest BCUT2D eigenvalue weighted by Gasteiger charge is -2.08. The Labute approximate surface area is 106 Å². The Morgan fingerprint density at radius 3 is 2.83 bits per heavy atom. The Bertz CT molecular complexity index is 642. The molecule has 87 valence electrons. The molecule has 0 saturated carbocycles. The van der Waals surface area contributed by atoms with Crippen molar-refractivity contribution < 1.29 is 0 Å². The molecule has 0 bridgehead atoms. The number of aromatic nitrogens is 1. The predicted octanol–water partition coefficient (Wildman–Crippen LogP) is 3.65. The summed E-state index contributed by atoms with van der Waals surface area (Å²) in [4.78, 5) is 4.44. The first-order valence-electron chi connectivity index (χ1n) is 5.97. The largest absolute Gasteiger partial charge is 0.380 e. The Morgan fingerprint density at radius 2 is 1.94 bits per heavy atom. The maximum Gasteiger partial charge on any atom is 0.0751 e. The quantitative estimate of drug-likeness (QED) is 0.747. The zero-order valence-electron chi connectivity index (χ0n) is 9.93. The fourth-order valence-corrected chi connectivity index (χ4v) is 2.00. The number of rotatable bonds is 3. The fourth-order valence-electron chi connectivity index (χ4n) is 2.00. The van der Waals surface area contributed by atoms with E-state index in [1.807, 2.05) is 36.5 Å². The molecule has 0 saturated heterocycles. The van der Waals surface area contributed by atoms with E-state index in [1.165, 1.54) is 10.9 Å². The van der Waals surface area contributed by atoms with Crippen molar-refractivity contribution in [3.05, 3.63) is 72.4 Å². The molecular formula is C16H13N2. The van der Waals surface area contributed by atoms with Gasteiger partial charge in [-0.05, 0) is 17.7 Å². The van der Waals surface area contributed by atoms with Crippen LogP contribution in [0.1, 0.15) is 5.56 Å². The summed E-state index contributed by atoms with van der Waals surface area (Å²) in [6, 6.07) is 21.3. The van der Waals surface area contributed by atoms with E-state index >= 15 is 0 Å². The van der Waals surface area contributed by atoms with E-state index in [1.54, 1.807) is 0 Å². The van der Waals surface area contributed by atoms with Gasteiger partial charge in [0.25, 0.3) is 0 Å². The van der Waals surface area contributed by atoms with Crippen LogP contribution in [-0.4, -0.2) is 4.98 Å². The van der Waals surface area contributed by atoms with Gasteiger partial charge in [-0.2, -0.15) is 0 Å². The van der Waals surface area contributed by atoms with Crippen molar-refractivity contribution in [3.63, 3.8) is 0 Å². The second kappa shape index (κ2) is 4.88. The molecular weight excluding hydrogens is 220 g/mol. The Kier molecular flexibility index (Phi) is 2.92. The van der Waals surface area contributed by atoms with E-state index in [2.05, 4.69) is 40.6 Å². The molecule has 0 spiro atoms. The maximum atomic E-state index is 4.44. The van der Waals surface area contributed by atoms with Crippen molar-refractivity contribution >= 4 is 16.6 Å². The number of fused-ring (bicyclic) bond motifs is 1. The van der Waals surface area contributed by atoms with Crippen LogP contribution >= 0.6 is 0 Å². The summed E-state index contributed by atoms with van der Waals surface area (Å²) in [6.45, 7) is 0.759. The summed E-state index contributed by atoms with van der Waals surface area (Å²) >= 11 is 0. The van der Waals surface area contributed by atoms with Crippen molar-refractivity contribution in [1.29, 1.82) is 0 Å². The molecule has 18 heavy (non-hydrogen) atoms. The molecule has 0 aliphatic carbocycles. The Balaban J connectivity index is 1.87. The lowest BCUT2D eigenvalue weighted by molar-refractivity contribution is 1.15. The van der Waals surface area contributed by atoms with Gasteiger partial charge in [0.05, 0.1) is 5.52 Å². The molecule has 0 aliphatic rings. The van der Waals surface area contributed by atoms with E-state index < -0.39 is 0 Å². The first-order chi connectivity index (χ1) is 8.93. The van der Waals surface area contributed by atoms with Crippen LogP contribution in [0.4, 0.5) is 5.69 Å². The molecule has 0 amide bonds. The van der Waals surface area contributed by atoms with Gasteiger partial charge in [-0.25, -0.2) is 0 Å². The number of hydrogen-bond acceptors (Lipinski definition) is 2. The standard InChI is InChI=1S/C16H13N2/c1-2-9-15(10-3-1)18-12-14-7-4-6-13-8-5-11-17-16(13)14/h1-9,11,18H,12H2. The molecule has 0 aliphatic heterocycles. The van der Waals surface area contributed by atoms with Gasteiger partial charge in [0.15, 0.2) is 0 Å². The van der Waals surface area contributed by atoms with E-state index in [-0.39, 0.29) is 0 Å². The molecule has 2 aromatic carbocycles. The summed E-state index contributed by atoms with van der Waals surface area (Å²) in [5, 5.41) is 4.53. The van der Waals surface area contributed by atoms with Gasteiger partial charge < -0.3 is 5.32 Å². The third kappa shape index (κ3) is 2.18. The van der Waals surface area contributed by atoms with Crippen LogP contribution in [0.5, 0.6) is 0 Å². The summed E-state index contributed by atoms with van der Waals surface area (Å²) < 4.78 is 0. The van der Waals surface area contributed by atoms with Gasteiger partial charge in [-0.15, -0.1) is 0 Å². The Morgan fingerprint density at radius 1 is 1.00 bits per heavy atom. The molecule has 2 heteroatoms. The molecule has 0 unspecified atom stereocenters. The number of hydrogen-bond donors (Lipinski definition) is 1. The Hall–Kier alpha value is -2.35. The second-order valence-electron chi connectivity index (χ2n) is 4.12. The highest BCUT2D eigenvalue weighted by Crippen LogP contribution is 2.17. The first-order valence-corrected chi connectivity index (χ1v) is 5.97. The third-order valence-corrected chi connectivity index (χ3v) is 2.89. The van der Waals surface area contributed by atoms with Crippen molar-refractivity contribution in [2.45, 2.75) is 6.54 Å². The molecule has 1 N–H and O–H groups in total. The third-order valence-electron chi connectivity index (χ3n) is 2.89. The second-order valence-corrected chi connectivity index (χ2v) is 4.12. The monoisotopic (exact) mass is 233 g/mol. The predicted molar refractivity (Wildman–Crippen MR) is 74.3 cm³/mol. The SMILES string of the molecule is [c]1ccccc1NCc1cccc2cccnc12. The molecule has 0 atom stereocenters. The lowest BCUT2D eigenvalue weighted by Crippen LogP contribution is -2.00. The number of nitrogens with one attached hydrogen (secondary N) is 1. The summed E-state index contributed by atoms with van der Waals surface area (Å²) in [6.07, 6.45) is 1.83. The van der Waals surface area contributed by atoms with Crippen LogP contribution < -0.4 is 5.32 Å². The number of anilines is 1. The highest BCUT2D eigenvalue weighted by atomic mass is 14.9. The van der Waals surface area contributed by atoms with Crippen LogP contribution in [0.25, 0.3) is 10.9 Å². The smallest absolute Gasteiger partial charge is 0.0751 e. The average molecular weight is 233 g/mol. The van der Waals surface area contributed by atoms with Crippen molar-refractivity contribution in [1.82, 2.24) is 4.98 Å². The molecule has 0 fully saturated rings. The summed E-state index contributed by atoms with van der Waals surface area (Å²) in [5.74, 6) is 0. The molecule has 1 aromatic heterocycles. The van der Waals surface area contributed by atoms with Crippen LogP contribution in [0, 0.1) is 6.07 Å². The molecule has 1 radical (unpaired) electrons. The van der Waals surface area contributed by atoms with E-state index in [0.29, 0.717) is 0 Å².